The first kappa shape index (κ1) is 44.2. The number of fused-ring (bicyclic) bond motifs is 3. The van der Waals surface area contributed by atoms with Crippen molar-refractivity contribution in [2.45, 2.75) is 24.7 Å². The Bertz CT molecular complexity index is 3230. The van der Waals surface area contributed by atoms with Gasteiger partial charge < -0.3 is 4.57 Å². The summed E-state index contributed by atoms with van der Waals surface area (Å²) in [4.78, 5) is 14.2. The molecule has 67 heavy (non-hydrogen) atoms. The Morgan fingerprint density at radius 2 is 0.821 bits per heavy atom. The zero-order valence-electron chi connectivity index (χ0n) is 33.7. The number of nitriles is 1. The molecule has 0 saturated carbocycles. The van der Waals surface area contributed by atoms with E-state index in [1.165, 1.54) is 48.5 Å². The van der Waals surface area contributed by atoms with E-state index in [4.69, 9.17) is 9.97 Å². The first-order valence-corrected chi connectivity index (χ1v) is 19.8. The van der Waals surface area contributed by atoms with Gasteiger partial charge in [0.2, 0.25) is 0 Å². The molecule has 334 valence electrons. The van der Waals surface area contributed by atoms with E-state index in [0.29, 0.717) is 41.1 Å². The highest BCUT2D eigenvalue weighted by atomic mass is 19.4. The quantitative estimate of drug-likeness (QED) is 0.156. The average molecular weight is 924 g/mol. The lowest BCUT2D eigenvalue weighted by Crippen LogP contribution is -2.12. The predicted molar refractivity (Wildman–Crippen MR) is 226 cm³/mol. The van der Waals surface area contributed by atoms with Gasteiger partial charge in [-0.15, -0.1) is 0 Å². The van der Waals surface area contributed by atoms with E-state index in [9.17, 15) is 57.9 Å². The van der Waals surface area contributed by atoms with Gasteiger partial charge in [-0.3, -0.25) is 0 Å². The van der Waals surface area contributed by atoms with Gasteiger partial charge >= 0.3 is 24.7 Å². The Balaban J connectivity index is 1.31. The Kier molecular flexibility index (Phi) is 10.7. The van der Waals surface area contributed by atoms with Crippen molar-refractivity contribution in [1.82, 2.24) is 19.5 Å². The Hall–Kier alpha value is -8.00. The smallest absolute Gasteiger partial charge is 0.309 e. The number of alkyl halides is 12. The highest BCUT2D eigenvalue weighted by molar-refractivity contribution is 6.12. The minimum absolute atomic E-state index is 0.0178. The lowest BCUT2D eigenvalue weighted by Gasteiger charge is -2.16. The summed E-state index contributed by atoms with van der Waals surface area (Å²) in [6, 6.07) is 34.6. The van der Waals surface area contributed by atoms with Crippen molar-refractivity contribution in [2.24, 2.45) is 0 Å². The summed E-state index contributed by atoms with van der Waals surface area (Å²) in [5, 5.41) is 10.6. The monoisotopic (exact) mass is 923 g/mol. The lowest BCUT2D eigenvalue weighted by atomic mass is 9.94. The van der Waals surface area contributed by atoms with Crippen LogP contribution in [0.15, 0.2) is 152 Å². The fraction of sp³-hybridized carbons (Fsp3) is 0.0800. The Morgan fingerprint density at radius 3 is 1.22 bits per heavy atom. The summed E-state index contributed by atoms with van der Waals surface area (Å²) in [5.41, 5.74) is -5.68. The van der Waals surface area contributed by atoms with Crippen molar-refractivity contribution in [1.29, 1.82) is 5.26 Å². The molecule has 0 fully saturated rings. The maximum absolute atomic E-state index is 14.5. The van der Waals surface area contributed by atoms with Crippen LogP contribution in [0, 0.1) is 11.3 Å². The molecular formula is C50H25F12N5. The standard InChI is InChI=1S/C50H25F12N5/c51-47(52,53)32-14-17-35(40(23-32)49(57,58)59)29-12-19-42-38(21-29)39-22-30(36-18-15-33(48(54,55)56)24-41(36)50(60,61)62)13-20-43(39)67(42)34-16-11-31(26-63)37(25-34)46-65-44(27-7-3-1-4-8-27)64-45(66-46)28-9-5-2-6-10-28/h1-25H. The number of benzene rings is 7. The third kappa shape index (κ3) is 8.42. The summed E-state index contributed by atoms with van der Waals surface area (Å²) in [6.07, 6.45) is -20.8. The van der Waals surface area contributed by atoms with E-state index >= 15 is 0 Å². The first-order chi connectivity index (χ1) is 31.7. The van der Waals surface area contributed by atoms with E-state index < -0.39 is 58.1 Å². The zero-order chi connectivity index (χ0) is 47.6. The largest absolute Gasteiger partial charge is 0.417 e. The van der Waals surface area contributed by atoms with Crippen LogP contribution in [-0.2, 0) is 24.7 Å². The molecule has 0 bridgehead atoms. The van der Waals surface area contributed by atoms with E-state index in [1.54, 1.807) is 71.3 Å². The molecule has 17 heteroatoms. The van der Waals surface area contributed by atoms with Gasteiger partial charge in [-0.25, -0.2) is 15.0 Å². The maximum atomic E-state index is 14.5. The number of hydrogen-bond donors (Lipinski definition) is 0. The summed E-state index contributed by atoms with van der Waals surface area (Å²) >= 11 is 0. The van der Waals surface area contributed by atoms with Crippen LogP contribution in [0.1, 0.15) is 27.8 Å². The molecule has 5 nitrogen and oxygen atoms in total. The molecule has 0 amide bonds. The average Bonchev–Trinajstić information content (AvgIpc) is 3.63. The van der Waals surface area contributed by atoms with Crippen LogP contribution in [0.3, 0.4) is 0 Å². The lowest BCUT2D eigenvalue weighted by molar-refractivity contribution is -0.144. The molecule has 0 aliphatic rings. The molecule has 0 aliphatic carbocycles. The maximum Gasteiger partial charge on any atom is 0.417 e. The minimum Gasteiger partial charge on any atom is -0.309 e. The first-order valence-electron chi connectivity index (χ1n) is 19.8. The molecule has 9 rings (SSSR count). The van der Waals surface area contributed by atoms with E-state index in [2.05, 4.69) is 11.1 Å². The minimum atomic E-state index is -5.27. The van der Waals surface area contributed by atoms with Gasteiger partial charge in [0.25, 0.3) is 0 Å². The number of aromatic nitrogens is 4. The van der Waals surface area contributed by atoms with E-state index in [-0.39, 0.29) is 73.7 Å². The van der Waals surface area contributed by atoms with Gasteiger partial charge in [-0.05, 0) is 89.0 Å². The third-order valence-electron chi connectivity index (χ3n) is 11.0. The van der Waals surface area contributed by atoms with Crippen LogP contribution in [0.2, 0.25) is 0 Å². The van der Waals surface area contributed by atoms with Gasteiger partial charge in [0.1, 0.15) is 0 Å². The van der Waals surface area contributed by atoms with Crippen LogP contribution in [0.5, 0.6) is 0 Å². The highest BCUT2D eigenvalue weighted by Crippen LogP contribution is 2.46. The highest BCUT2D eigenvalue weighted by Gasteiger charge is 2.40. The van der Waals surface area contributed by atoms with Crippen LogP contribution < -0.4 is 0 Å². The normalized spacial score (nSPS) is 12.5. The molecule has 0 spiro atoms. The van der Waals surface area contributed by atoms with Crippen LogP contribution in [0.4, 0.5) is 52.7 Å². The van der Waals surface area contributed by atoms with Gasteiger partial charge in [0.05, 0.1) is 44.9 Å². The SMILES string of the molecule is N#Cc1ccc(-n2c3ccc(-c4ccc(C(F)(F)F)cc4C(F)(F)F)cc3c3cc(-c4ccc(C(F)(F)F)cc4C(F)(F)F)ccc32)cc1-c1nc(-c2ccccc2)nc(-c2ccccc2)n1. The van der Waals surface area contributed by atoms with E-state index in [0.717, 1.165) is 0 Å². The van der Waals surface area contributed by atoms with Gasteiger partial charge in [0, 0.05) is 33.2 Å². The van der Waals surface area contributed by atoms with Gasteiger partial charge in [-0.2, -0.15) is 57.9 Å². The number of rotatable bonds is 6. The fourth-order valence-electron chi connectivity index (χ4n) is 7.93. The van der Waals surface area contributed by atoms with Crippen LogP contribution >= 0.6 is 0 Å². The van der Waals surface area contributed by atoms with E-state index in [1.807, 2.05) is 0 Å². The van der Waals surface area contributed by atoms with Crippen molar-refractivity contribution in [2.75, 3.05) is 0 Å². The third-order valence-corrected chi connectivity index (χ3v) is 11.0. The second kappa shape index (κ2) is 16.2. The molecule has 9 aromatic rings. The summed E-state index contributed by atoms with van der Waals surface area (Å²) < 4.78 is 170. The molecular weight excluding hydrogens is 899 g/mol. The second-order valence-corrected chi connectivity index (χ2v) is 15.2. The second-order valence-electron chi connectivity index (χ2n) is 15.2. The van der Waals surface area contributed by atoms with Crippen molar-refractivity contribution in [3.8, 4) is 68.2 Å². The van der Waals surface area contributed by atoms with Crippen LogP contribution in [0.25, 0.3) is 83.9 Å². The molecule has 0 N–H and O–H groups in total. The van der Waals surface area contributed by atoms with Crippen molar-refractivity contribution >= 4 is 21.8 Å². The summed E-state index contributed by atoms with van der Waals surface area (Å²) in [7, 11) is 0. The van der Waals surface area contributed by atoms with Crippen molar-refractivity contribution in [3.63, 3.8) is 0 Å². The number of halogens is 12. The Morgan fingerprint density at radius 1 is 0.388 bits per heavy atom. The molecule has 0 radical (unpaired) electrons. The van der Waals surface area contributed by atoms with Crippen molar-refractivity contribution in [3.05, 3.63) is 179 Å². The molecule has 0 saturated heterocycles. The molecule has 2 aromatic heterocycles. The number of nitrogens with zero attached hydrogens (tertiary/aromatic N) is 5. The molecule has 7 aromatic carbocycles. The van der Waals surface area contributed by atoms with Crippen LogP contribution in [-0.4, -0.2) is 19.5 Å². The summed E-state index contributed by atoms with van der Waals surface area (Å²) in [5.74, 6) is 0.595. The Labute approximate surface area is 370 Å². The molecule has 0 unspecified atom stereocenters. The zero-order valence-corrected chi connectivity index (χ0v) is 33.7. The topological polar surface area (TPSA) is 67.4 Å². The molecule has 2 heterocycles. The fourth-order valence-corrected chi connectivity index (χ4v) is 7.93. The van der Waals surface area contributed by atoms with Crippen molar-refractivity contribution < 1.29 is 52.7 Å². The molecule has 0 aliphatic heterocycles. The summed E-state index contributed by atoms with van der Waals surface area (Å²) in [6.45, 7) is 0. The van der Waals surface area contributed by atoms with Gasteiger partial charge in [0.15, 0.2) is 17.5 Å². The number of hydrogen-bond acceptors (Lipinski definition) is 4. The van der Waals surface area contributed by atoms with Gasteiger partial charge in [-0.1, -0.05) is 84.9 Å². The predicted octanol–water partition coefficient (Wildman–Crippen LogP) is 15.3. The molecule has 0 atom stereocenters.